The summed E-state index contributed by atoms with van der Waals surface area (Å²) >= 11 is 0. The fraction of sp³-hybridized carbons (Fsp3) is 0.750. The summed E-state index contributed by atoms with van der Waals surface area (Å²) in [6.45, 7) is 5.34. The quantitative estimate of drug-likeness (QED) is 0.796. The van der Waals surface area contributed by atoms with E-state index in [1.807, 2.05) is 6.20 Å². The topological polar surface area (TPSA) is 40.7 Å². The van der Waals surface area contributed by atoms with Crippen LogP contribution in [0.4, 0.5) is 0 Å². The van der Waals surface area contributed by atoms with Crippen molar-refractivity contribution in [2.75, 3.05) is 0 Å². The van der Waals surface area contributed by atoms with Crippen molar-refractivity contribution in [1.29, 1.82) is 0 Å². The van der Waals surface area contributed by atoms with Crippen LogP contribution >= 0.6 is 0 Å². The Morgan fingerprint density at radius 2 is 2.40 bits per heavy atom. The third-order valence-electron chi connectivity index (χ3n) is 3.67. The van der Waals surface area contributed by atoms with Gasteiger partial charge >= 0.3 is 0 Å². The highest BCUT2D eigenvalue weighted by Crippen LogP contribution is 2.28. The standard InChI is InChI=1S/C12H21N3/c1-3-10-5-4-6-12(10)13-7-11-8-14-15-9(11)2/h8,10,12-13H,3-7H2,1-2H3,(H,14,15). The minimum Gasteiger partial charge on any atom is -0.310 e. The molecule has 2 unspecified atom stereocenters. The lowest BCUT2D eigenvalue weighted by Crippen LogP contribution is -2.31. The summed E-state index contributed by atoms with van der Waals surface area (Å²) in [5, 5.41) is 10.7. The summed E-state index contributed by atoms with van der Waals surface area (Å²) in [5.74, 6) is 0.886. The largest absolute Gasteiger partial charge is 0.310 e. The predicted octanol–water partition coefficient (Wildman–Crippen LogP) is 2.39. The maximum Gasteiger partial charge on any atom is 0.0535 e. The number of aryl methyl sites for hydroxylation is 1. The Labute approximate surface area is 91.7 Å². The number of aromatic amines is 1. The predicted molar refractivity (Wildman–Crippen MR) is 61.6 cm³/mol. The van der Waals surface area contributed by atoms with Gasteiger partial charge in [0.2, 0.25) is 0 Å². The zero-order valence-corrected chi connectivity index (χ0v) is 9.71. The molecule has 2 rings (SSSR count). The molecule has 0 bridgehead atoms. The van der Waals surface area contributed by atoms with Gasteiger partial charge in [0.1, 0.15) is 0 Å². The maximum atomic E-state index is 4.04. The summed E-state index contributed by atoms with van der Waals surface area (Å²) in [4.78, 5) is 0. The second-order valence-electron chi connectivity index (χ2n) is 4.61. The molecule has 1 heterocycles. The Hall–Kier alpha value is -0.830. The molecule has 1 saturated carbocycles. The van der Waals surface area contributed by atoms with E-state index in [9.17, 15) is 0 Å². The van der Waals surface area contributed by atoms with Crippen LogP contribution in [0.2, 0.25) is 0 Å². The number of rotatable bonds is 4. The lowest BCUT2D eigenvalue weighted by Gasteiger charge is -2.19. The van der Waals surface area contributed by atoms with E-state index in [0.717, 1.165) is 18.5 Å². The second kappa shape index (κ2) is 4.79. The number of hydrogen-bond donors (Lipinski definition) is 2. The van der Waals surface area contributed by atoms with Crippen molar-refractivity contribution in [3.8, 4) is 0 Å². The first-order chi connectivity index (χ1) is 7.31. The molecule has 2 atom stereocenters. The van der Waals surface area contributed by atoms with Crippen LogP contribution in [-0.4, -0.2) is 16.2 Å². The van der Waals surface area contributed by atoms with Crippen LogP contribution in [-0.2, 0) is 6.54 Å². The van der Waals surface area contributed by atoms with Crippen LogP contribution in [0.5, 0.6) is 0 Å². The van der Waals surface area contributed by atoms with Gasteiger partial charge in [-0.05, 0) is 25.7 Å². The molecule has 1 aliphatic rings. The van der Waals surface area contributed by atoms with E-state index >= 15 is 0 Å². The first-order valence-corrected chi connectivity index (χ1v) is 6.03. The van der Waals surface area contributed by atoms with Crippen molar-refractivity contribution in [1.82, 2.24) is 15.5 Å². The number of hydrogen-bond acceptors (Lipinski definition) is 2. The SMILES string of the molecule is CCC1CCCC1NCc1cn[nH]c1C. The molecule has 0 aliphatic heterocycles. The molecule has 15 heavy (non-hydrogen) atoms. The zero-order valence-electron chi connectivity index (χ0n) is 9.71. The summed E-state index contributed by atoms with van der Waals surface area (Å²) < 4.78 is 0. The van der Waals surface area contributed by atoms with Crippen LogP contribution in [0.15, 0.2) is 6.20 Å². The summed E-state index contributed by atoms with van der Waals surface area (Å²) in [5.41, 5.74) is 2.49. The van der Waals surface area contributed by atoms with Crippen molar-refractivity contribution in [3.63, 3.8) is 0 Å². The van der Waals surface area contributed by atoms with Gasteiger partial charge in [-0.15, -0.1) is 0 Å². The fourth-order valence-electron chi connectivity index (χ4n) is 2.59. The molecular formula is C12H21N3. The third-order valence-corrected chi connectivity index (χ3v) is 3.67. The lowest BCUT2D eigenvalue weighted by molar-refractivity contribution is 0.389. The Bertz CT molecular complexity index is 306. The van der Waals surface area contributed by atoms with E-state index in [2.05, 4.69) is 29.4 Å². The van der Waals surface area contributed by atoms with Gasteiger partial charge < -0.3 is 5.32 Å². The van der Waals surface area contributed by atoms with E-state index in [4.69, 9.17) is 0 Å². The molecule has 1 aromatic heterocycles. The number of nitrogens with one attached hydrogen (secondary N) is 2. The zero-order chi connectivity index (χ0) is 10.7. The molecule has 2 N–H and O–H groups in total. The van der Waals surface area contributed by atoms with Crippen LogP contribution in [0, 0.1) is 12.8 Å². The van der Waals surface area contributed by atoms with Gasteiger partial charge in [-0.2, -0.15) is 5.10 Å². The number of H-pyrrole nitrogens is 1. The normalized spacial score (nSPS) is 26.0. The van der Waals surface area contributed by atoms with Crippen molar-refractivity contribution in [2.45, 2.75) is 52.1 Å². The first-order valence-electron chi connectivity index (χ1n) is 6.03. The third kappa shape index (κ3) is 2.40. The van der Waals surface area contributed by atoms with Gasteiger partial charge in [0, 0.05) is 23.8 Å². The average molecular weight is 207 g/mol. The van der Waals surface area contributed by atoms with Gasteiger partial charge in [0.15, 0.2) is 0 Å². The van der Waals surface area contributed by atoms with Gasteiger partial charge in [0.05, 0.1) is 6.20 Å². The van der Waals surface area contributed by atoms with E-state index < -0.39 is 0 Å². The molecule has 3 nitrogen and oxygen atoms in total. The average Bonchev–Trinajstić information content (AvgIpc) is 2.83. The van der Waals surface area contributed by atoms with E-state index in [1.165, 1.54) is 36.9 Å². The van der Waals surface area contributed by atoms with Gasteiger partial charge in [-0.1, -0.05) is 19.8 Å². The molecule has 1 aliphatic carbocycles. The van der Waals surface area contributed by atoms with Crippen molar-refractivity contribution < 1.29 is 0 Å². The summed E-state index contributed by atoms with van der Waals surface area (Å²) in [6, 6.07) is 0.726. The minimum absolute atomic E-state index is 0.726. The molecule has 0 aromatic carbocycles. The second-order valence-corrected chi connectivity index (χ2v) is 4.61. The fourth-order valence-corrected chi connectivity index (χ4v) is 2.59. The molecule has 84 valence electrons. The number of nitrogens with zero attached hydrogens (tertiary/aromatic N) is 1. The maximum absolute atomic E-state index is 4.04. The Balaban J connectivity index is 1.85. The number of aromatic nitrogens is 2. The Morgan fingerprint density at radius 1 is 1.53 bits per heavy atom. The summed E-state index contributed by atoms with van der Waals surface area (Å²) in [7, 11) is 0. The molecule has 0 radical (unpaired) electrons. The minimum atomic E-state index is 0.726. The first kappa shape index (κ1) is 10.7. The highest BCUT2D eigenvalue weighted by molar-refractivity contribution is 5.14. The highest BCUT2D eigenvalue weighted by atomic mass is 15.1. The molecule has 1 aromatic rings. The molecule has 0 spiro atoms. The highest BCUT2D eigenvalue weighted by Gasteiger charge is 2.24. The lowest BCUT2D eigenvalue weighted by atomic mass is 10.0. The molecule has 1 fully saturated rings. The van der Waals surface area contributed by atoms with Gasteiger partial charge in [0.25, 0.3) is 0 Å². The van der Waals surface area contributed by atoms with E-state index in [1.54, 1.807) is 0 Å². The molecule has 3 heteroatoms. The monoisotopic (exact) mass is 207 g/mol. The Morgan fingerprint density at radius 3 is 3.07 bits per heavy atom. The molecule has 0 amide bonds. The van der Waals surface area contributed by atoms with Crippen LogP contribution in [0.3, 0.4) is 0 Å². The van der Waals surface area contributed by atoms with Gasteiger partial charge in [-0.3, -0.25) is 5.10 Å². The Kier molecular flexibility index (Phi) is 3.41. The van der Waals surface area contributed by atoms with Crippen molar-refractivity contribution in [2.24, 2.45) is 5.92 Å². The van der Waals surface area contributed by atoms with Crippen molar-refractivity contribution >= 4 is 0 Å². The van der Waals surface area contributed by atoms with E-state index in [0.29, 0.717) is 0 Å². The van der Waals surface area contributed by atoms with E-state index in [-0.39, 0.29) is 0 Å². The molecular weight excluding hydrogens is 186 g/mol. The smallest absolute Gasteiger partial charge is 0.0535 e. The van der Waals surface area contributed by atoms with Crippen LogP contribution in [0.1, 0.15) is 43.9 Å². The van der Waals surface area contributed by atoms with Crippen LogP contribution < -0.4 is 5.32 Å². The molecule has 0 saturated heterocycles. The van der Waals surface area contributed by atoms with Crippen molar-refractivity contribution in [3.05, 3.63) is 17.5 Å². The van der Waals surface area contributed by atoms with Gasteiger partial charge in [-0.25, -0.2) is 0 Å². The van der Waals surface area contributed by atoms with Crippen LogP contribution in [0.25, 0.3) is 0 Å². The summed E-state index contributed by atoms with van der Waals surface area (Å²) in [6.07, 6.45) is 7.37.